The van der Waals surface area contributed by atoms with Gasteiger partial charge in [0.05, 0.1) is 5.69 Å². The second-order valence-corrected chi connectivity index (χ2v) is 7.26. The molecule has 3 aromatic rings. The van der Waals surface area contributed by atoms with Crippen LogP contribution >= 0.6 is 7.37 Å². The van der Waals surface area contributed by atoms with Gasteiger partial charge in [-0.3, -0.25) is 4.57 Å². The lowest BCUT2D eigenvalue weighted by molar-refractivity contribution is 0.293. The highest BCUT2D eigenvalue weighted by Gasteiger charge is 2.31. The third-order valence-corrected chi connectivity index (χ3v) is 5.77. The lowest BCUT2D eigenvalue weighted by Crippen LogP contribution is -2.34. The Labute approximate surface area is 135 Å². The minimum absolute atomic E-state index is 0.595. The number of hydrogen-bond donors (Lipinski definition) is 1. The summed E-state index contributed by atoms with van der Waals surface area (Å²) in [6, 6.07) is 27.4. The van der Waals surface area contributed by atoms with Crippen LogP contribution in [0, 0.1) is 0 Å². The maximum absolute atomic E-state index is 13.7. The second kappa shape index (κ2) is 6.80. The van der Waals surface area contributed by atoms with Gasteiger partial charge in [-0.1, -0.05) is 54.6 Å². The Morgan fingerprint density at radius 3 is 1.52 bits per heavy atom. The highest BCUT2D eigenvalue weighted by atomic mass is 31.2. The van der Waals surface area contributed by atoms with Crippen LogP contribution in [0.2, 0.25) is 0 Å². The molecule has 0 aromatic heterocycles. The minimum atomic E-state index is -3.34. The lowest BCUT2D eigenvalue weighted by atomic mass is 10.3. The smallest absolute Gasteiger partial charge is 0.280 e. The van der Waals surface area contributed by atoms with E-state index in [0.29, 0.717) is 16.3 Å². The topological polar surface area (TPSA) is 55.6 Å². The summed E-state index contributed by atoms with van der Waals surface area (Å²) in [5.74, 6) is 5.99. The van der Waals surface area contributed by atoms with Crippen molar-refractivity contribution in [1.29, 1.82) is 0 Å². The number of nitrogens with zero attached hydrogens (tertiary/aromatic N) is 1. The fourth-order valence-corrected chi connectivity index (χ4v) is 4.20. The van der Waals surface area contributed by atoms with Crippen molar-refractivity contribution in [2.24, 2.45) is 5.84 Å². The molecule has 0 spiro atoms. The van der Waals surface area contributed by atoms with Gasteiger partial charge in [-0.25, -0.2) is 5.84 Å². The molecule has 0 atom stereocenters. The van der Waals surface area contributed by atoms with E-state index in [2.05, 4.69) is 0 Å². The molecule has 2 N–H and O–H groups in total. The highest BCUT2D eigenvalue weighted by Crippen LogP contribution is 2.45. The predicted octanol–water partition coefficient (Wildman–Crippen LogP) is 3.23. The maximum Gasteiger partial charge on any atom is 0.285 e. The summed E-state index contributed by atoms with van der Waals surface area (Å²) < 4.78 is 19.4. The standard InChI is InChI=1S/C18H17N2O2P/c19-20(16-10-4-1-5-11-16)22-23(21,17-12-6-2-7-13-17)18-14-8-3-9-15-18/h1-15H,19H2. The Hall–Kier alpha value is -2.39. The molecular weight excluding hydrogens is 307 g/mol. The van der Waals surface area contributed by atoms with E-state index in [1.165, 1.54) is 0 Å². The number of hydrazine groups is 1. The van der Waals surface area contributed by atoms with E-state index in [0.717, 1.165) is 5.17 Å². The van der Waals surface area contributed by atoms with E-state index in [-0.39, 0.29) is 0 Å². The highest BCUT2D eigenvalue weighted by molar-refractivity contribution is 7.74. The van der Waals surface area contributed by atoms with E-state index in [1.54, 1.807) is 36.4 Å². The third-order valence-electron chi connectivity index (χ3n) is 3.41. The van der Waals surface area contributed by atoms with Crippen molar-refractivity contribution in [2.75, 3.05) is 5.17 Å². The quantitative estimate of drug-likeness (QED) is 0.445. The van der Waals surface area contributed by atoms with E-state index < -0.39 is 7.37 Å². The van der Waals surface area contributed by atoms with E-state index >= 15 is 0 Å². The van der Waals surface area contributed by atoms with Gasteiger partial charge in [0.1, 0.15) is 0 Å². The van der Waals surface area contributed by atoms with Gasteiger partial charge in [-0.05, 0) is 36.4 Å². The number of rotatable bonds is 5. The predicted molar refractivity (Wildman–Crippen MR) is 94.0 cm³/mol. The van der Waals surface area contributed by atoms with Gasteiger partial charge < -0.3 is 0 Å². The van der Waals surface area contributed by atoms with E-state index in [9.17, 15) is 4.57 Å². The van der Waals surface area contributed by atoms with Crippen LogP contribution in [0.5, 0.6) is 0 Å². The zero-order valence-electron chi connectivity index (χ0n) is 12.4. The number of anilines is 1. The van der Waals surface area contributed by atoms with Crippen LogP contribution in [0.4, 0.5) is 5.69 Å². The summed E-state index contributed by atoms with van der Waals surface area (Å²) in [7, 11) is -3.34. The van der Waals surface area contributed by atoms with E-state index in [1.807, 2.05) is 54.6 Å². The number of benzene rings is 3. The molecule has 0 heterocycles. The zero-order chi connectivity index (χ0) is 16.1. The molecule has 0 aliphatic heterocycles. The van der Waals surface area contributed by atoms with Crippen LogP contribution in [0.25, 0.3) is 0 Å². The molecule has 0 saturated carbocycles. The first-order chi connectivity index (χ1) is 11.2. The van der Waals surface area contributed by atoms with Gasteiger partial charge in [-0.15, -0.1) is 0 Å². The average molecular weight is 324 g/mol. The Kier molecular flexibility index (Phi) is 4.58. The van der Waals surface area contributed by atoms with Crippen LogP contribution in [-0.4, -0.2) is 0 Å². The van der Waals surface area contributed by atoms with Crippen LogP contribution in [-0.2, 0) is 9.19 Å². The van der Waals surface area contributed by atoms with Crippen molar-refractivity contribution in [3.05, 3.63) is 91.0 Å². The Bertz CT molecular complexity index is 752. The molecule has 0 radical (unpaired) electrons. The molecule has 0 unspecified atom stereocenters. The number of hydrogen-bond acceptors (Lipinski definition) is 4. The first-order valence-electron chi connectivity index (χ1n) is 7.21. The molecular formula is C18H17N2O2P. The largest absolute Gasteiger partial charge is 0.285 e. The summed E-state index contributed by atoms with van der Waals surface area (Å²) in [5, 5.41) is 2.26. The fourth-order valence-electron chi connectivity index (χ4n) is 2.24. The molecule has 0 aliphatic carbocycles. The molecule has 5 heteroatoms. The Morgan fingerprint density at radius 1 is 0.696 bits per heavy atom. The molecule has 0 bridgehead atoms. The molecule has 3 rings (SSSR count). The minimum Gasteiger partial charge on any atom is -0.280 e. The van der Waals surface area contributed by atoms with E-state index in [4.69, 9.17) is 10.5 Å². The fraction of sp³-hybridized carbons (Fsp3) is 0. The normalized spacial score (nSPS) is 11.2. The molecule has 3 aromatic carbocycles. The molecule has 4 nitrogen and oxygen atoms in total. The second-order valence-electron chi connectivity index (χ2n) is 4.97. The van der Waals surface area contributed by atoms with Gasteiger partial charge in [-0.2, -0.15) is 9.80 Å². The van der Waals surface area contributed by atoms with Crippen LogP contribution in [0.1, 0.15) is 0 Å². The van der Waals surface area contributed by atoms with Gasteiger partial charge >= 0.3 is 0 Å². The summed E-state index contributed by atoms with van der Waals surface area (Å²) in [6.45, 7) is 0. The Balaban J connectivity index is 2.02. The maximum atomic E-state index is 13.7. The molecule has 0 fully saturated rings. The lowest BCUT2D eigenvalue weighted by Gasteiger charge is -2.25. The molecule has 0 aliphatic rings. The Morgan fingerprint density at radius 2 is 1.09 bits per heavy atom. The summed E-state index contributed by atoms with van der Waals surface area (Å²) in [5.41, 5.74) is 0.625. The SMILES string of the molecule is NN(OP(=O)(c1ccccc1)c1ccccc1)c1ccccc1. The zero-order valence-corrected chi connectivity index (χ0v) is 13.3. The third kappa shape index (κ3) is 3.35. The summed E-state index contributed by atoms with van der Waals surface area (Å²) in [4.78, 5) is 0. The van der Waals surface area contributed by atoms with Crippen molar-refractivity contribution in [3.8, 4) is 0 Å². The van der Waals surface area contributed by atoms with Crippen molar-refractivity contribution >= 4 is 23.7 Å². The first kappa shape index (κ1) is 15.5. The monoisotopic (exact) mass is 324 g/mol. The molecule has 0 saturated heterocycles. The van der Waals surface area contributed by atoms with Gasteiger partial charge in [0.2, 0.25) is 0 Å². The van der Waals surface area contributed by atoms with Crippen LogP contribution < -0.4 is 21.6 Å². The van der Waals surface area contributed by atoms with Crippen LogP contribution in [0.15, 0.2) is 91.0 Å². The van der Waals surface area contributed by atoms with Gasteiger partial charge in [0.15, 0.2) is 0 Å². The summed E-state index contributed by atoms with van der Waals surface area (Å²) in [6.07, 6.45) is 0. The molecule has 0 amide bonds. The van der Waals surface area contributed by atoms with Crippen molar-refractivity contribution < 1.29 is 9.19 Å². The number of nitrogens with two attached hydrogens (primary N) is 1. The number of para-hydroxylation sites is 1. The van der Waals surface area contributed by atoms with Crippen molar-refractivity contribution in [2.45, 2.75) is 0 Å². The summed E-state index contributed by atoms with van der Waals surface area (Å²) >= 11 is 0. The van der Waals surface area contributed by atoms with Crippen LogP contribution in [0.3, 0.4) is 0 Å². The van der Waals surface area contributed by atoms with Crippen molar-refractivity contribution in [3.63, 3.8) is 0 Å². The average Bonchev–Trinajstić information content (AvgIpc) is 2.64. The molecule has 23 heavy (non-hydrogen) atoms. The molecule has 116 valence electrons. The first-order valence-corrected chi connectivity index (χ1v) is 8.83. The van der Waals surface area contributed by atoms with Gasteiger partial charge in [0.25, 0.3) is 7.37 Å². The van der Waals surface area contributed by atoms with Gasteiger partial charge in [0, 0.05) is 10.6 Å². The van der Waals surface area contributed by atoms with Crippen molar-refractivity contribution in [1.82, 2.24) is 0 Å².